The second-order valence-electron chi connectivity index (χ2n) is 7.04. The monoisotopic (exact) mass is 551 g/mol. The van der Waals surface area contributed by atoms with Crippen molar-refractivity contribution in [1.82, 2.24) is 19.5 Å². The Balaban J connectivity index is 1.76. The van der Waals surface area contributed by atoms with E-state index in [1.54, 1.807) is 14.1 Å². The summed E-state index contributed by atoms with van der Waals surface area (Å²) in [5.41, 5.74) is -0.713. The highest BCUT2D eigenvalue weighted by atomic mass is 31.3. The largest absolute Gasteiger partial charge is 0.490 e. The number of phosphoric acid groups is 3. The highest BCUT2D eigenvalue weighted by molar-refractivity contribution is 7.66. The molecule has 1 saturated heterocycles. The van der Waals surface area contributed by atoms with Gasteiger partial charge in [-0.05, 0) is 0 Å². The third kappa shape index (κ3) is 6.16. The number of anilines is 1. The van der Waals surface area contributed by atoms with Gasteiger partial charge in [0.1, 0.15) is 18.3 Å². The number of aromatic amines is 1. The minimum atomic E-state index is -5.73. The molecule has 3 unspecified atom stereocenters. The Kier molecular flexibility index (Phi) is 7.54. The van der Waals surface area contributed by atoms with Gasteiger partial charge in [0.05, 0.1) is 12.9 Å². The molecule has 2 aromatic rings. The van der Waals surface area contributed by atoms with Gasteiger partial charge in [-0.3, -0.25) is 18.9 Å². The fourth-order valence-corrected chi connectivity index (χ4v) is 5.91. The lowest BCUT2D eigenvalue weighted by Gasteiger charge is -2.19. The summed E-state index contributed by atoms with van der Waals surface area (Å²) in [5, 5.41) is 20.6. The quantitative estimate of drug-likeness (QED) is 0.168. The molecule has 3 rings (SSSR count). The minimum Gasteiger partial charge on any atom is -0.387 e. The van der Waals surface area contributed by atoms with Gasteiger partial charge >= 0.3 is 23.5 Å². The second-order valence-corrected chi connectivity index (χ2v) is 11.5. The van der Waals surface area contributed by atoms with Gasteiger partial charge in [-0.2, -0.15) is 13.6 Å². The van der Waals surface area contributed by atoms with Crippen LogP contribution < -0.4 is 10.5 Å². The molecule has 22 heteroatoms. The molecule has 1 aliphatic rings. The number of aliphatic hydroxyl groups is 2. The third-order valence-electron chi connectivity index (χ3n) is 4.27. The van der Waals surface area contributed by atoms with E-state index < -0.39 is 60.2 Å². The fourth-order valence-electron chi connectivity index (χ4n) is 2.88. The molecule has 0 aliphatic carbocycles. The average molecular weight is 551 g/mol. The molecule has 1 aliphatic heterocycles. The SMILES string of the molecule is CN(C)c1nc2c(ncn2[C@@H]2O[C@H](COP(=O)(O)OP(=O)(O)OP(=O)(O)O)[C@H](O)C2O)c(=O)[nH]1. The zero-order chi connectivity index (χ0) is 25.6. The molecule has 7 N–H and O–H groups in total. The van der Waals surface area contributed by atoms with Crippen LogP contribution in [-0.4, -0.2) is 88.3 Å². The number of hydrogen-bond acceptors (Lipinski definition) is 13. The molecular formula is C12H20N5O14P3. The van der Waals surface area contributed by atoms with Crippen molar-refractivity contribution < 1.29 is 61.4 Å². The fraction of sp³-hybridized carbons (Fsp3) is 0.583. The number of nitrogens with one attached hydrogen (secondary N) is 1. The summed E-state index contributed by atoms with van der Waals surface area (Å²) < 4.78 is 52.1. The van der Waals surface area contributed by atoms with Crippen LogP contribution in [0.1, 0.15) is 6.23 Å². The van der Waals surface area contributed by atoms with E-state index in [-0.39, 0.29) is 17.1 Å². The van der Waals surface area contributed by atoms with Gasteiger partial charge in [-0.15, -0.1) is 0 Å². The molecule has 3 heterocycles. The maximum absolute atomic E-state index is 12.2. The number of hydrogen-bond donors (Lipinski definition) is 7. The molecule has 0 bridgehead atoms. The van der Waals surface area contributed by atoms with Crippen molar-refractivity contribution >= 4 is 40.6 Å². The normalized spacial score (nSPS) is 26.9. The van der Waals surface area contributed by atoms with Gasteiger partial charge in [0.25, 0.3) is 5.56 Å². The smallest absolute Gasteiger partial charge is 0.387 e. The Labute approximate surface area is 189 Å². The first-order valence-electron chi connectivity index (χ1n) is 8.94. The molecule has 0 spiro atoms. The Bertz CT molecular complexity index is 1260. The predicted molar refractivity (Wildman–Crippen MR) is 108 cm³/mol. The van der Waals surface area contributed by atoms with Gasteiger partial charge < -0.3 is 39.4 Å². The summed E-state index contributed by atoms with van der Waals surface area (Å²) in [4.78, 5) is 60.0. The lowest BCUT2D eigenvalue weighted by molar-refractivity contribution is -0.0503. The second kappa shape index (κ2) is 9.48. The van der Waals surface area contributed by atoms with Crippen molar-refractivity contribution in [3.8, 4) is 0 Å². The lowest BCUT2D eigenvalue weighted by atomic mass is 10.1. The summed E-state index contributed by atoms with van der Waals surface area (Å²) in [5.74, 6) is 0.150. The Morgan fingerprint density at radius 1 is 1.12 bits per heavy atom. The Hall–Kier alpha value is -1.56. The molecule has 0 radical (unpaired) electrons. The molecule has 0 amide bonds. The van der Waals surface area contributed by atoms with Crippen LogP contribution in [0.2, 0.25) is 0 Å². The highest BCUT2D eigenvalue weighted by Gasteiger charge is 2.47. The number of phosphoric ester groups is 1. The van der Waals surface area contributed by atoms with Crippen LogP contribution in [0.3, 0.4) is 0 Å². The van der Waals surface area contributed by atoms with E-state index in [1.807, 2.05) is 0 Å². The first-order chi connectivity index (χ1) is 15.5. The van der Waals surface area contributed by atoms with Crippen molar-refractivity contribution in [3.63, 3.8) is 0 Å². The van der Waals surface area contributed by atoms with E-state index in [0.717, 1.165) is 10.9 Å². The summed E-state index contributed by atoms with van der Waals surface area (Å²) >= 11 is 0. The molecule has 19 nitrogen and oxygen atoms in total. The summed E-state index contributed by atoms with van der Waals surface area (Å²) in [6.45, 7) is -0.998. The van der Waals surface area contributed by atoms with Gasteiger partial charge in [0, 0.05) is 14.1 Å². The topological polar surface area (TPSA) is 276 Å². The number of H-pyrrole nitrogens is 1. The van der Waals surface area contributed by atoms with Crippen molar-refractivity contribution in [2.75, 3.05) is 25.6 Å². The van der Waals surface area contributed by atoms with Gasteiger partial charge in [-0.1, -0.05) is 0 Å². The summed E-state index contributed by atoms with van der Waals surface area (Å²) in [6, 6.07) is 0. The Morgan fingerprint density at radius 2 is 1.76 bits per heavy atom. The molecule has 0 aromatic carbocycles. The number of fused-ring (bicyclic) bond motifs is 1. The van der Waals surface area contributed by atoms with Gasteiger partial charge in [0.2, 0.25) is 5.95 Å². The first-order valence-corrected chi connectivity index (χ1v) is 13.5. The number of aliphatic hydroxyl groups excluding tert-OH is 2. The van der Waals surface area contributed by atoms with Crippen LogP contribution in [0.4, 0.5) is 5.95 Å². The third-order valence-corrected chi connectivity index (χ3v) is 8.08. The summed E-state index contributed by atoms with van der Waals surface area (Å²) in [7, 11) is -13.6. The van der Waals surface area contributed by atoms with Gasteiger partial charge in [-0.25, -0.2) is 18.7 Å². The number of imidazole rings is 1. The lowest BCUT2D eigenvalue weighted by Crippen LogP contribution is -2.33. The zero-order valence-electron chi connectivity index (χ0n) is 17.2. The van der Waals surface area contributed by atoms with E-state index in [4.69, 9.17) is 19.4 Å². The van der Waals surface area contributed by atoms with E-state index in [1.165, 1.54) is 4.90 Å². The van der Waals surface area contributed by atoms with E-state index in [0.29, 0.717) is 0 Å². The first kappa shape index (κ1) is 27.0. The average Bonchev–Trinajstić information content (AvgIpc) is 3.19. The molecule has 0 saturated carbocycles. The van der Waals surface area contributed by atoms with E-state index >= 15 is 0 Å². The zero-order valence-corrected chi connectivity index (χ0v) is 19.9. The van der Waals surface area contributed by atoms with Crippen LogP contribution in [0.25, 0.3) is 11.2 Å². The van der Waals surface area contributed by atoms with Crippen LogP contribution in [0, 0.1) is 0 Å². The molecular weight excluding hydrogens is 531 g/mol. The molecule has 1 fully saturated rings. The van der Waals surface area contributed by atoms with Crippen LogP contribution in [0.5, 0.6) is 0 Å². The van der Waals surface area contributed by atoms with Crippen molar-refractivity contribution in [1.29, 1.82) is 0 Å². The molecule has 2 aromatic heterocycles. The Morgan fingerprint density at radius 3 is 2.35 bits per heavy atom. The van der Waals surface area contributed by atoms with E-state index in [2.05, 4.69) is 28.1 Å². The number of ether oxygens (including phenoxy) is 1. The number of aromatic nitrogens is 4. The predicted octanol–water partition coefficient (Wildman–Crippen LogP) is -1.85. The van der Waals surface area contributed by atoms with Crippen LogP contribution in [0.15, 0.2) is 11.1 Å². The van der Waals surface area contributed by atoms with E-state index in [9.17, 15) is 33.6 Å². The highest BCUT2D eigenvalue weighted by Crippen LogP contribution is 2.66. The minimum absolute atomic E-state index is 0.0164. The maximum Gasteiger partial charge on any atom is 0.490 e. The van der Waals surface area contributed by atoms with Crippen molar-refractivity contribution in [2.24, 2.45) is 0 Å². The van der Waals surface area contributed by atoms with Gasteiger partial charge in [0.15, 0.2) is 17.4 Å². The molecule has 6 atom stereocenters. The maximum atomic E-state index is 12.2. The van der Waals surface area contributed by atoms with Crippen LogP contribution in [-0.2, 0) is 31.6 Å². The summed E-state index contributed by atoms with van der Waals surface area (Å²) in [6.07, 6.45) is -5.20. The van der Waals surface area contributed by atoms with Crippen LogP contribution >= 0.6 is 23.5 Å². The molecule has 34 heavy (non-hydrogen) atoms. The molecule has 192 valence electrons. The number of rotatable bonds is 9. The number of nitrogens with zero attached hydrogens (tertiary/aromatic N) is 4. The standard InChI is InChI=1S/C12H20N5O14P3/c1-16(2)12-14-9-6(10(20)15-12)13-4-17(9)11-8(19)7(18)5(29-11)3-28-33(24,25)31-34(26,27)30-32(21,22)23/h4-5,7-8,11,18-19H,3H2,1-2H3,(H,24,25)(H,26,27)(H,14,15,20)(H2,21,22,23)/t5-,7+,8?,11-/m1/s1. The van der Waals surface area contributed by atoms with Crippen molar-refractivity contribution in [3.05, 3.63) is 16.7 Å². The van der Waals surface area contributed by atoms with Crippen molar-refractivity contribution in [2.45, 2.75) is 24.5 Å².